The molecule has 0 radical (unpaired) electrons. The monoisotopic (exact) mass is 209 g/mol. The Morgan fingerprint density at radius 2 is 2.00 bits per heavy atom. The van der Waals surface area contributed by atoms with Crippen LogP contribution in [-0.2, 0) is 5.41 Å². The van der Waals surface area contributed by atoms with E-state index in [4.69, 9.17) is 10.3 Å². The van der Waals surface area contributed by atoms with Gasteiger partial charge in [0.2, 0.25) is 5.89 Å². The van der Waals surface area contributed by atoms with Crippen molar-refractivity contribution in [3.05, 3.63) is 11.7 Å². The maximum Gasteiger partial charge on any atom is 0.244 e. The third-order valence-corrected chi connectivity index (χ3v) is 3.18. The van der Waals surface area contributed by atoms with Gasteiger partial charge in [-0.25, -0.2) is 0 Å². The Kier molecular flexibility index (Phi) is 2.15. The van der Waals surface area contributed by atoms with Crippen molar-refractivity contribution >= 4 is 0 Å². The predicted octanol–water partition coefficient (Wildman–Crippen LogP) is 2.17. The smallest absolute Gasteiger partial charge is 0.244 e. The fraction of sp³-hybridized carbons (Fsp3) is 0.818. The number of aromatic nitrogens is 2. The number of hydrogen-bond acceptors (Lipinski definition) is 4. The summed E-state index contributed by atoms with van der Waals surface area (Å²) in [6.45, 7) is 8.37. The first-order valence-corrected chi connectivity index (χ1v) is 5.43. The van der Waals surface area contributed by atoms with Crippen LogP contribution >= 0.6 is 0 Å². The van der Waals surface area contributed by atoms with Crippen molar-refractivity contribution in [3.8, 4) is 0 Å². The van der Waals surface area contributed by atoms with Crippen molar-refractivity contribution in [2.24, 2.45) is 11.1 Å². The summed E-state index contributed by atoms with van der Waals surface area (Å²) in [5, 5.41) is 4.02. The number of hydrogen-bond donors (Lipinski definition) is 1. The molecule has 4 nitrogen and oxygen atoms in total. The van der Waals surface area contributed by atoms with Gasteiger partial charge in [-0.3, -0.25) is 0 Å². The molecule has 0 spiro atoms. The summed E-state index contributed by atoms with van der Waals surface area (Å²) < 4.78 is 5.23. The Bertz CT molecular complexity index is 360. The van der Waals surface area contributed by atoms with Gasteiger partial charge >= 0.3 is 0 Å². The first-order chi connectivity index (χ1) is 6.83. The zero-order chi connectivity index (χ0) is 11.3. The van der Waals surface area contributed by atoms with Crippen LogP contribution in [0.2, 0.25) is 0 Å². The molecule has 84 valence electrons. The molecule has 0 unspecified atom stereocenters. The minimum atomic E-state index is -0.193. The van der Waals surface area contributed by atoms with Gasteiger partial charge in [-0.15, -0.1) is 0 Å². The highest BCUT2D eigenvalue weighted by Crippen LogP contribution is 2.46. The minimum Gasteiger partial charge on any atom is -0.338 e. The molecule has 0 saturated heterocycles. The lowest BCUT2D eigenvalue weighted by atomic mass is 9.87. The molecule has 1 saturated carbocycles. The molecule has 2 rings (SSSR count). The van der Waals surface area contributed by atoms with Gasteiger partial charge in [-0.2, -0.15) is 4.98 Å². The third kappa shape index (κ3) is 1.91. The lowest BCUT2D eigenvalue weighted by molar-refractivity contribution is 0.252. The van der Waals surface area contributed by atoms with E-state index >= 15 is 0 Å². The van der Waals surface area contributed by atoms with Gasteiger partial charge in [-0.05, 0) is 18.3 Å². The van der Waals surface area contributed by atoms with E-state index in [2.05, 4.69) is 37.8 Å². The molecule has 1 aliphatic rings. The van der Waals surface area contributed by atoms with Gasteiger partial charge in [0.1, 0.15) is 0 Å². The van der Waals surface area contributed by atoms with Gasteiger partial charge < -0.3 is 10.3 Å². The number of nitrogens with zero attached hydrogens (tertiary/aromatic N) is 2. The molecule has 1 aromatic heterocycles. The number of nitrogens with two attached hydrogens (primary N) is 1. The van der Waals surface area contributed by atoms with Crippen LogP contribution in [0, 0.1) is 5.41 Å². The molecule has 0 bridgehead atoms. The van der Waals surface area contributed by atoms with Crippen molar-refractivity contribution in [1.82, 2.24) is 10.1 Å². The van der Waals surface area contributed by atoms with E-state index in [1.165, 1.54) is 0 Å². The van der Waals surface area contributed by atoms with Crippen LogP contribution in [0.3, 0.4) is 0 Å². The maximum absolute atomic E-state index is 6.05. The molecular formula is C11H19N3O. The van der Waals surface area contributed by atoms with Crippen LogP contribution in [-0.4, -0.2) is 10.1 Å². The summed E-state index contributed by atoms with van der Waals surface area (Å²) in [6, 6.07) is -0.193. The summed E-state index contributed by atoms with van der Waals surface area (Å²) in [7, 11) is 0. The fourth-order valence-corrected chi connectivity index (χ4v) is 1.39. The molecule has 1 aliphatic carbocycles. The van der Waals surface area contributed by atoms with Crippen molar-refractivity contribution in [2.45, 2.75) is 52.0 Å². The molecule has 0 aliphatic heterocycles. The van der Waals surface area contributed by atoms with E-state index in [-0.39, 0.29) is 16.9 Å². The summed E-state index contributed by atoms with van der Waals surface area (Å²) in [5.41, 5.74) is 6.16. The lowest BCUT2D eigenvalue weighted by Crippen LogP contribution is -2.26. The molecule has 1 fully saturated rings. The van der Waals surface area contributed by atoms with Crippen molar-refractivity contribution < 1.29 is 4.52 Å². The van der Waals surface area contributed by atoms with Gasteiger partial charge in [0.15, 0.2) is 5.82 Å². The summed E-state index contributed by atoms with van der Waals surface area (Å²) in [4.78, 5) is 4.41. The summed E-state index contributed by atoms with van der Waals surface area (Å²) >= 11 is 0. The van der Waals surface area contributed by atoms with Crippen LogP contribution in [0.5, 0.6) is 0 Å². The molecule has 2 N–H and O–H groups in total. The zero-order valence-corrected chi connectivity index (χ0v) is 9.87. The van der Waals surface area contributed by atoms with Crippen molar-refractivity contribution in [2.75, 3.05) is 0 Å². The molecule has 1 heterocycles. The van der Waals surface area contributed by atoms with Gasteiger partial charge in [-0.1, -0.05) is 32.9 Å². The van der Waals surface area contributed by atoms with E-state index in [1.807, 2.05) is 0 Å². The highest BCUT2D eigenvalue weighted by Gasteiger charge is 2.44. The normalized spacial score (nSPS) is 21.4. The molecule has 1 aromatic rings. The van der Waals surface area contributed by atoms with Crippen molar-refractivity contribution in [1.29, 1.82) is 0 Å². The van der Waals surface area contributed by atoms with E-state index in [1.54, 1.807) is 0 Å². The average Bonchev–Trinajstić information content (AvgIpc) is 2.70. The molecule has 4 heteroatoms. The topological polar surface area (TPSA) is 64.9 Å². The van der Waals surface area contributed by atoms with E-state index in [0.717, 1.165) is 18.7 Å². The Morgan fingerprint density at radius 1 is 1.40 bits per heavy atom. The standard InChI is InChI=1S/C11H19N3O/c1-10(2,3)7(12)8-13-9(14-15-8)11(4)5-6-11/h7H,5-6,12H2,1-4H3/t7-/m1/s1. The highest BCUT2D eigenvalue weighted by atomic mass is 16.5. The van der Waals surface area contributed by atoms with E-state index in [0.29, 0.717) is 5.89 Å². The van der Waals surface area contributed by atoms with E-state index in [9.17, 15) is 0 Å². The van der Waals surface area contributed by atoms with Crippen LogP contribution in [0.15, 0.2) is 4.52 Å². The average molecular weight is 209 g/mol. The SMILES string of the molecule is CC1(c2noc([C@@H](N)C(C)(C)C)n2)CC1. The number of rotatable bonds is 2. The van der Waals surface area contributed by atoms with E-state index < -0.39 is 0 Å². The minimum absolute atomic E-state index is 0.0474. The summed E-state index contributed by atoms with van der Waals surface area (Å²) in [5.74, 6) is 1.38. The second kappa shape index (κ2) is 3.04. The van der Waals surface area contributed by atoms with Crippen molar-refractivity contribution in [3.63, 3.8) is 0 Å². The Hall–Kier alpha value is -0.900. The summed E-state index contributed by atoms with van der Waals surface area (Å²) in [6.07, 6.45) is 2.30. The molecule has 15 heavy (non-hydrogen) atoms. The molecule has 1 atom stereocenters. The Morgan fingerprint density at radius 3 is 2.47 bits per heavy atom. The van der Waals surface area contributed by atoms with Crippen LogP contribution in [0.25, 0.3) is 0 Å². The third-order valence-electron chi connectivity index (χ3n) is 3.18. The maximum atomic E-state index is 6.05. The largest absolute Gasteiger partial charge is 0.338 e. The Labute approximate surface area is 90.2 Å². The first-order valence-electron chi connectivity index (χ1n) is 5.43. The van der Waals surface area contributed by atoms with Gasteiger partial charge in [0, 0.05) is 5.41 Å². The molecule has 0 aromatic carbocycles. The highest BCUT2D eigenvalue weighted by molar-refractivity contribution is 5.15. The quantitative estimate of drug-likeness (QED) is 0.810. The van der Waals surface area contributed by atoms with Gasteiger partial charge in [0.05, 0.1) is 6.04 Å². The van der Waals surface area contributed by atoms with Gasteiger partial charge in [0.25, 0.3) is 0 Å². The van der Waals surface area contributed by atoms with Crippen LogP contribution in [0.4, 0.5) is 0 Å². The lowest BCUT2D eigenvalue weighted by Gasteiger charge is -2.23. The Balaban J connectivity index is 2.20. The molecule has 0 amide bonds. The van der Waals surface area contributed by atoms with Crippen LogP contribution < -0.4 is 5.73 Å². The zero-order valence-electron chi connectivity index (χ0n) is 9.87. The fourth-order valence-electron chi connectivity index (χ4n) is 1.39. The first kappa shape index (κ1) is 10.6. The van der Waals surface area contributed by atoms with Crippen LogP contribution in [0.1, 0.15) is 58.3 Å². The second-order valence-corrected chi connectivity index (χ2v) is 5.86. The predicted molar refractivity (Wildman–Crippen MR) is 57.3 cm³/mol. The molecular weight excluding hydrogens is 190 g/mol. The second-order valence-electron chi connectivity index (χ2n) is 5.86.